The number of ether oxygens (including phenoxy) is 1. The number of ketones is 1. The number of benzene rings is 3. The summed E-state index contributed by atoms with van der Waals surface area (Å²) in [5.41, 5.74) is 2.42. The summed E-state index contributed by atoms with van der Waals surface area (Å²) in [7, 11) is 1.49. The van der Waals surface area contributed by atoms with Gasteiger partial charge in [-0.25, -0.2) is 4.39 Å². The summed E-state index contributed by atoms with van der Waals surface area (Å²) in [5.74, 6) is -1.78. The van der Waals surface area contributed by atoms with Gasteiger partial charge in [0.2, 0.25) is 0 Å². The normalized spacial score (nSPS) is 17.6. The number of carbonyl (C=O) groups excluding carboxylic acids is 2. The van der Waals surface area contributed by atoms with Crippen LogP contribution in [-0.2, 0) is 21.5 Å². The van der Waals surface area contributed by atoms with E-state index in [4.69, 9.17) is 4.74 Å². The zero-order chi connectivity index (χ0) is 25.3. The van der Waals surface area contributed by atoms with E-state index in [9.17, 15) is 19.1 Å². The fraction of sp³-hybridized carbons (Fsp3) is 0.241. The standard InChI is InChI=1S/C29H28FNO4/c1-29(2,3)20-12-15-23(35-4)22(16-20)26(32)24-25(19-8-6-5-7-9-19)31(28(34)27(24)33)17-18-10-13-21(30)14-11-18/h5-16,25,32H,17H2,1-4H3/b26-24+. The number of aliphatic hydroxyl groups excluding tert-OH is 1. The smallest absolute Gasteiger partial charge is 0.295 e. The van der Waals surface area contributed by atoms with Crippen molar-refractivity contribution in [2.45, 2.75) is 38.8 Å². The number of methoxy groups -OCH3 is 1. The number of aliphatic hydroxyl groups is 1. The topological polar surface area (TPSA) is 66.8 Å². The average molecular weight is 474 g/mol. The first-order valence-corrected chi connectivity index (χ1v) is 11.4. The molecule has 0 radical (unpaired) electrons. The number of likely N-dealkylation sites (tertiary alicyclic amines) is 1. The van der Waals surface area contributed by atoms with E-state index in [-0.39, 0.29) is 29.1 Å². The van der Waals surface area contributed by atoms with Gasteiger partial charge in [0.1, 0.15) is 17.3 Å². The molecule has 6 heteroatoms. The highest BCUT2D eigenvalue weighted by atomic mass is 19.1. The van der Waals surface area contributed by atoms with Crippen molar-refractivity contribution in [2.24, 2.45) is 0 Å². The van der Waals surface area contributed by atoms with Crippen LogP contribution in [0.15, 0.2) is 78.4 Å². The minimum atomic E-state index is -0.816. The van der Waals surface area contributed by atoms with Gasteiger partial charge in [-0.2, -0.15) is 0 Å². The van der Waals surface area contributed by atoms with Crippen LogP contribution in [0.4, 0.5) is 4.39 Å². The van der Waals surface area contributed by atoms with E-state index in [0.717, 1.165) is 5.56 Å². The van der Waals surface area contributed by atoms with Gasteiger partial charge in [0.05, 0.1) is 24.3 Å². The molecule has 0 aliphatic carbocycles. The largest absolute Gasteiger partial charge is 0.507 e. The van der Waals surface area contributed by atoms with E-state index in [1.165, 1.54) is 24.1 Å². The molecule has 3 aromatic carbocycles. The van der Waals surface area contributed by atoms with Crippen molar-refractivity contribution in [1.82, 2.24) is 4.90 Å². The number of hydrogen-bond donors (Lipinski definition) is 1. The van der Waals surface area contributed by atoms with E-state index in [0.29, 0.717) is 22.4 Å². The van der Waals surface area contributed by atoms with E-state index in [2.05, 4.69) is 0 Å². The molecule has 1 fully saturated rings. The fourth-order valence-electron chi connectivity index (χ4n) is 4.32. The van der Waals surface area contributed by atoms with E-state index < -0.39 is 17.7 Å². The van der Waals surface area contributed by atoms with Gasteiger partial charge in [-0.05, 0) is 46.4 Å². The summed E-state index contributed by atoms with van der Waals surface area (Å²) < 4.78 is 18.9. The molecule has 1 heterocycles. The Bertz CT molecular complexity index is 1290. The lowest BCUT2D eigenvalue weighted by atomic mass is 9.85. The van der Waals surface area contributed by atoms with Crippen LogP contribution in [-0.4, -0.2) is 28.8 Å². The number of nitrogens with zero attached hydrogens (tertiary/aromatic N) is 1. The SMILES string of the molecule is COc1ccc(C(C)(C)C)cc1/C(O)=C1\C(=O)C(=O)N(Cc2ccc(F)cc2)C1c1ccccc1. The Morgan fingerprint density at radius 1 is 1.00 bits per heavy atom. The van der Waals surface area contributed by atoms with Crippen LogP contribution in [0, 0.1) is 5.82 Å². The molecule has 1 unspecified atom stereocenters. The van der Waals surface area contributed by atoms with Crippen molar-refractivity contribution >= 4 is 17.4 Å². The molecule has 0 saturated carbocycles. The Balaban J connectivity index is 1.90. The van der Waals surface area contributed by atoms with Crippen LogP contribution in [0.25, 0.3) is 5.76 Å². The number of hydrogen-bond acceptors (Lipinski definition) is 4. The molecule has 0 bridgehead atoms. The summed E-state index contributed by atoms with van der Waals surface area (Å²) in [5, 5.41) is 11.5. The van der Waals surface area contributed by atoms with Crippen LogP contribution >= 0.6 is 0 Å². The lowest BCUT2D eigenvalue weighted by Gasteiger charge is -2.26. The summed E-state index contributed by atoms with van der Waals surface area (Å²) in [6.07, 6.45) is 0. The molecule has 0 aromatic heterocycles. The zero-order valence-corrected chi connectivity index (χ0v) is 20.2. The lowest BCUT2D eigenvalue weighted by Crippen LogP contribution is -2.29. The van der Waals surface area contributed by atoms with E-state index >= 15 is 0 Å². The first kappa shape index (κ1) is 24.2. The molecule has 180 valence electrons. The third-order valence-corrected chi connectivity index (χ3v) is 6.24. The molecule has 5 nitrogen and oxygen atoms in total. The maximum absolute atomic E-state index is 13.4. The number of amides is 1. The second-order valence-corrected chi connectivity index (χ2v) is 9.63. The molecule has 4 rings (SSSR count). The molecular weight excluding hydrogens is 445 g/mol. The maximum atomic E-state index is 13.4. The highest BCUT2D eigenvalue weighted by Crippen LogP contribution is 2.42. The van der Waals surface area contributed by atoms with Crippen molar-refractivity contribution in [1.29, 1.82) is 0 Å². The number of halogens is 1. The highest BCUT2D eigenvalue weighted by Gasteiger charge is 2.46. The quantitative estimate of drug-likeness (QED) is 0.291. The fourth-order valence-corrected chi connectivity index (χ4v) is 4.32. The molecule has 1 saturated heterocycles. The first-order valence-electron chi connectivity index (χ1n) is 11.4. The Kier molecular flexibility index (Phi) is 6.48. The molecular formula is C29H28FNO4. The molecule has 1 aliphatic heterocycles. The Hall–Kier alpha value is -3.93. The van der Waals surface area contributed by atoms with Gasteiger partial charge in [0.25, 0.3) is 11.7 Å². The van der Waals surface area contributed by atoms with Crippen LogP contribution < -0.4 is 4.74 Å². The van der Waals surface area contributed by atoms with Crippen molar-refractivity contribution in [3.8, 4) is 5.75 Å². The first-order chi connectivity index (χ1) is 16.6. The molecule has 1 amide bonds. The molecule has 1 aliphatic rings. The second kappa shape index (κ2) is 9.37. The van der Waals surface area contributed by atoms with Gasteiger partial charge < -0.3 is 14.7 Å². The molecule has 3 aromatic rings. The van der Waals surface area contributed by atoms with Gasteiger partial charge in [0, 0.05) is 6.54 Å². The lowest BCUT2D eigenvalue weighted by molar-refractivity contribution is -0.140. The van der Waals surface area contributed by atoms with Gasteiger partial charge in [-0.15, -0.1) is 0 Å². The maximum Gasteiger partial charge on any atom is 0.295 e. The number of Topliss-reactive ketones (excluding diaryl/α,β-unsaturated/α-hetero) is 1. The molecule has 0 spiro atoms. The average Bonchev–Trinajstić information content (AvgIpc) is 3.09. The van der Waals surface area contributed by atoms with Crippen LogP contribution in [0.3, 0.4) is 0 Å². The van der Waals surface area contributed by atoms with Crippen molar-refractivity contribution in [3.05, 3.63) is 106 Å². The second-order valence-electron chi connectivity index (χ2n) is 9.63. The van der Waals surface area contributed by atoms with Gasteiger partial charge in [-0.1, -0.05) is 69.3 Å². The molecule has 1 atom stereocenters. The summed E-state index contributed by atoms with van der Waals surface area (Å²) in [4.78, 5) is 28.0. The van der Waals surface area contributed by atoms with Crippen molar-refractivity contribution in [3.63, 3.8) is 0 Å². The Labute approximate surface area is 204 Å². The highest BCUT2D eigenvalue weighted by molar-refractivity contribution is 6.46. The monoisotopic (exact) mass is 473 g/mol. The van der Waals surface area contributed by atoms with Crippen molar-refractivity contribution < 1.29 is 23.8 Å². The van der Waals surface area contributed by atoms with Crippen molar-refractivity contribution in [2.75, 3.05) is 7.11 Å². The predicted molar refractivity (Wildman–Crippen MR) is 132 cm³/mol. The van der Waals surface area contributed by atoms with E-state index in [1.54, 1.807) is 24.3 Å². The van der Waals surface area contributed by atoms with Gasteiger partial charge in [-0.3, -0.25) is 9.59 Å². The van der Waals surface area contributed by atoms with Gasteiger partial charge in [0.15, 0.2) is 0 Å². The summed E-state index contributed by atoms with van der Waals surface area (Å²) in [6.45, 7) is 6.22. The molecule has 35 heavy (non-hydrogen) atoms. The van der Waals surface area contributed by atoms with Crippen LogP contribution in [0.2, 0.25) is 0 Å². The minimum Gasteiger partial charge on any atom is -0.507 e. The molecule has 1 N–H and O–H groups in total. The predicted octanol–water partition coefficient (Wildman–Crippen LogP) is 5.75. The van der Waals surface area contributed by atoms with Gasteiger partial charge >= 0.3 is 0 Å². The Morgan fingerprint density at radius 2 is 1.66 bits per heavy atom. The summed E-state index contributed by atoms with van der Waals surface area (Å²) in [6, 6.07) is 19.5. The summed E-state index contributed by atoms with van der Waals surface area (Å²) >= 11 is 0. The Morgan fingerprint density at radius 3 is 2.26 bits per heavy atom. The third-order valence-electron chi connectivity index (χ3n) is 6.24. The number of rotatable bonds is 5. The minimum absolute atomic E-state index is 0.00679. The van der Waals surface area contributed by atoms with E-state index in [1.807, 2.05) is 57.2 Å². The van der Waals surface area contributed by atoms with Crippen LogP contribution in [0.5, 0.6) is 5.75 Å². The number of carbonyl (C=O) groups is 2. The van der Waals surface area contributed by atoms with Crippen LogP contribution in [0.1, 0.15) is 49.1 Å². The third kappa shape index (κ3) is 4.69. The zero-order valence-electron chi connectivity index (χ0n) is 20.2.